The first-order valence-electron chi connectivity index (χ1n) is 10.7. The summed E-state index contributed by atoms with van der Waals surface area (Å²) in [6.45, 7) is 6.79. The minimum atomic E-state index is 0. The Morgan fingerprint density at radius 1 is 1.07 bits per heavy atom. The predicted molar refractivity (Wildman–Crippen MR) is 130 cm³/mol. The fourth-order valence-electron chi connectivity index (χ4n) is 4.35. The summed E-state index contributed by atoms with van der Waals surface area (Å²) in [7, 11) is 4.10. The van der Waals surface area contributed by atoms with Crippen LogP contribution in [0.15, 0.2) is 35.3 Å². The number of rotatable bonds is 7. The second-order valence-corrected chi connectivity index (χ2v) is 8.08. The standard InChI is InChI=1S/C22H37N5.HI/c1-23-22(24-13-10-19-11-16-26(2)17-12-19)25-18-21(27-14-6-7-15-27)20-8-4-3-5-9-20;/h3-5,8-9,19,21H,6-7,10-18H2,1-2H3,(H2,23,24,25);1H. The first-order chi connectivity index (χ1) is 13.3. The Morgan fingerprint density at radius 2 is 1.75 bits per heavy atom. The van der Waals surface area contributed by atoms with Crippen molar-refractivity contribution in [3.63, 3.8) is 0 Å². The summed E-state index contributed by atoms with van der Waals surface area (Å²) in [6, 6.07) is 11.3. The fraction of sp³-hybridized carbons (Fsp3) is 0.682. The Labute approximate surface area is 188 Å². The lowest BCUT2D eigenvalue weighted by molar-refractivity contribution is 0.213. The molecule has 2 heterocycles. The van der Waals surface area contributed by atoms with Gasteiger partial charge in [0.15, 0.2) is 5.96 Å². The fourth-order valence-corrected chi connectivity index (χ4v) is 4.35. The van der Waals surface area contributed by atoms with Crippen molar-refractivity contribution in [2.75, 3.05) is 53.4 Å². The monoisotopic (exact) mass is 499 g/mol. The summed E-state index contributed by atoms with van der Waals surface area (Å²) in [4.78, 5) is 9.48. The van der Waals surface area contributed by atoms with Gasteiger partial charge in [0.25, 0.3) is 0 Å². The number of aliphatic imine (C=N–C) groups is 1. The third-order valence-corrected chi connectivity index (χ3v) is 6.14. The Kier molecular flexibility index (Phi) is 10.6. The molecule has 0 aliphatic carbocycles. The zero-order valence-electron chi connectivity index (χ0n) is 17.6. The van der Waals surface area contributed by atoms with Crippen molar-refractivity contribution >= 4 is 29.9 Å². The van der Waals surface area contributed by atoms with Crippen LogP contribution in [0.3, 0.4) is 0 Å². The summed E-state index contributed by atoms with van der Waals surface area (Å²) in [6.07, 6.45) is 6.52. The average molecular weight is 499 g/mol. The van der Waals surface area contributed by atoms with Gasteiger partial charge in [-0.05, 0) is 76.8 Å². The van der Waals surface area contributed by atoms with Crippen LogP contribution in [0.5, 0.6) is 0 Å². The molecule has 2 fully saturated rings. The van der Waals surface area contributed by atoms with Crippen LogP contribution in [0, 0.1) is 5.92 Å². The molecule has 1 atom stereocenters. The maximum atomic E-state index is 4.44. The lowest BCUT2D eigenvalue weighted by Crippen LogP contribution is -2.43. The van der Waals surface area contributed by atoms with E-state index in [1.165, 1.54) is 63.8 Å². The van der Waals surface area contributed by atoms with E-state index >= 15 is 0 Å². The topological polar surface area (TPSA) is 42.9 Å². The number of piperidine rings is 1. The SMILES string of the molecule is CN=C(NCCC1CCN(C)CC1)NCC(c1ccccc1)N1CCCC1.I. The van der Waals surface area contributed by atoms with E-state index in [0.29, 0.717) is 6.04 Å². The van der Waals surface area contributed by atoms with Gasteiger partial charge in [-0.25, -0.2) is 0 Å². The molecule has 1 unspecified atom stereocenters. The van der Waals surface area contributed by atoms with Gasteiger partial charge in [0.1, 0.15) is 0 Å². The van der Waals surface area contributed by atoms with E-state index in [4.69, 9.17) is 0 Å². The number of guanidine groups is 1. The van der Waals surface area contributed by atoms with E-state index in [-0.39, 0.29) is 24.0 Å². The number of nitrogens with zero attached hydrogens (tertiary/aromatic N) is 3. The highest BCUT2D eigenvalue weighted by molar-refractivity contribution is 14.0. The van der Waals surface area contributed by atoms with E-state index in [2.05, 4.69) is 62.8 Å². The van der Waals surface area contributed by atoms with Crippen molar-refractivity contribution in [3.8, 4) is 0 Å². The van der Waals surface area contributed by atoms with Gasteiger partial charge in [-0.2, -0.15) is 0 Å². The van der Waals surface area contributed by atoms with Gasteiger partial charge in [0.2, 0.25) is 0 Å². The molecule has 0 aromatic heterocycles. The molecule has 0 spiro atoms. The number of hydrogen-bond donors (Lipinski definition) is 2. The van der Waals surface area contributed by atoms with Crippen LogP contribution in [0.4, 0.5) is 0 Å². The molecule has 5 nitrogen and oxygen atoms in total. The van der Waals surface area contributed by atoms with E-state index in [9.17, 15) is 0 Å². The molecule has 2 saturated heterocycles. The van der Waals surface area contributed by atoms with Gasteiger partial charge < -0.3 is 15.5 Å². The summed E-state index contributed by atoms with van der Waals surface area (Å²) in [5, 5.41) is 7.11. The number of hydrogen-bond acceptors (Lipinski definition) is 3. The number of likely N-dealkylation sites (tertiary alicyclic amines) is 2. The molecule has 0 amide bonds. The van der Waals surface area contributed by atoms with E-state index in [1.54, 1.807) is 0 Å². The molecule has 2 aliphatic rings. The molecule has 158 valence electrons. The molecule has 1 aromatic rings. The maximum Gasteiger partial charge on any atom is 0.191 e. The molecule has 1 aromatic carbocycles. The highest BCUT2D eigenvalue weighted by Crippen LogP contribution is 2.24. The number of benzene rings is 1. The first kappa shape index (κ1) is 23.4. The summed E-state index contributed by atoms with van der Waals surface area (Å²) < 4.78 is 0. The molecule has 0 radical (unpaired) electrons. The van der Waals surface area contributed by atoms with Crippen LogP contribution in [0.25, 0.3) is 0 Å². The smallest absolute Gasteiger partial charge is 0.191 e. The Hall–Kier alpha value is -0.860. The number of halogens is 1. The molecule has 0 saturated carbocycles. The van der Waals surface area contributed by atoms with Crippen LogP contribution < -0.4 is 10.6 Å². The zero-order chi connectivity index (χ0) is 18.9. The lowest BCUT2D eigenvalue weighted by Gasteiger charge is -2.30. The quantitative estimate of drug-likeness (QED) is 0.343. The van der Waals surface area contributed by atoms with Gasteiger partial charge in [-0.15, -0.1) is 24.0 Å². The van der Waals surface area contributed by atoms with Crippen molar-refractivity contribution in [1.29, 1.82) is 0 Å². The molecule has 2 N–H and O–H groups in total. The van der Waals surface area contributed by atoms with Crippen molar-refractivity contribution in [1.82, 2.24) is 20.4 Å². The molecular formula is C22H38IN5. The maximum absolute atomic E-state index is 4.44. The van der Waals surface area contributed by atoms with Crippen molar-refractivity contribution in [3.05, 3.63) is 35.9 Å². The third kappa shape index (κ3) is 7.19. The minimum Gasteiger partial charge on any atom is -0.356 e. The molecule has 2 aliphatic heterocycles. The van der Waals surface area contributed by atoms with E-state index in [0.717, 1.165) is 25.0 Å². The zero-order valence-corrected chi connectivity index (χ0v) is 19.9. The van der Waals surface area contributed by atoms with Crippen LogP contribution >= 0.6 is 24.0 Å². The Morgan fingerprint density at radius 3 is 2.39 bits per heavy atom. The van der Waals surface area contributed by atoms with Crippen molar-refractivity contribution in [2.24, 2.45) is 10.9 Å². The van der Waals surface area contributed by atoms with Gasteiger partial charge in [-0.3, -0.25) is 9.89 Å². The summed E-state index contributed by atoms with van der Waals surface area (Å²) >= 11 is 0. The van der Waals surface area contributed by atoms with Crippen molar-refractivity contribution in [2.45, 2.75) is 38.1 Å². The molecule has 28 heavy (non-hydrogen) atoms. The summed E-state index contributed by atoms with van der Waals surface area (Å²) in [5.74, 6) is 1.79. The van der Waals surface area contributed by atoms with Crippen LogP contribution in [-0.2, 0) is 0 Å². The van der Waals surface area contributed by atoms with Gasteiger partial charge in [-0.1, -0.05) is 30.3 Å². The van der Waals surface area contributed by atoms with E-state index in [1.807, 2.05) is 7.05 Å². The third-order valence-electron chi connectivity index (χ3n) is 6.14. The number of nitrogens with one attached hydrogen (secondary N) is 2. The van der Waals surface area contributed by atoms with Gasteiger partial charge in [0, 0.05) is 20.1 Å². The van der Waals surface area contributed by atoms with Crippen molar-refractivity contribution < 1.29 is 0 Å². The molecule has 3 rings (SSSR count). The van der Waals surface area contributed by atoms with Crippen LogP contribution in [0.2, 0.25) is 0 Å². The van der Waals surface area contributed by atoms with E-state index < -0.39 is 0 Å². The second-order valence-electron chi connectivity index (χ2n) is 8.08. The second kappa shape index (κ2) is 12.6. The van der Waals surface area contributed by atoms with Gasteiger partial charge >= 0.3 is 0 Å². The Balaban J connectivity index is 0.00000280. The predicted octanol–water partition coefficient (Wildman–Crippen LogP) is 3.34. The van der Waals surface area contributed by atoms with Crippen LogP contribution in [-0.4, -0.2) is 69.1 Å². The molecular weight excluding hydrogens is 461 g/mol. The average Bonchev–Trinajstić information content (AvgIpc) is 3.23. The molecule has 0 bridgehead atoms. The minimum absolute atomic E-state index is 0. The normalized spacial score (nSPS) is 20.6. The van der Waals surface area contributed by atoms with Crippen LogP contribution in [0.1, 0.15) is 43.7 Å². The highest BCUT2D eigenvalue weighted by Gasteiger charge is 2.23. The van der Waals surface area contributed by atoms with Gasteiger partial charge in [0.05, 0.1) is 6.04 Å². The molecule has 6 heteroatoms. The largest absolute Gasteiger partial charge is 0.356 e. The first-order valence-corrected chi connectivity index (χ1v) is 10.7. The lowest BCUT2D eigenvalue weighted by atomic mass is 9.94. The Bertz CT molecular complexity index is 566. The summed E-state index contributed by atoms with van der Waals surface area (Å²) in [5.41, 5.74) is 1.40. The highest BCUT2D eigenvalue weighted by atomic mass is 127.